The average molecular weight is 497 g/mol. The van der Waals surface area contributed by atoms with Gasteiger partial charge in [-0.05, 0) is 33.6 Å². The van der Waals surface area contributed by atoms with E-state index in [1.165, 1.54) is 6.33 Å². The highest BCUT2D eigenvalue weighted by molar-refractivity contribution is 5.87. The first-order valence-electron chi connectivity index (χ1n) is 11.9. The standard InChI is InChI=1S/C23H36N4O8/c1-12(2)16(24)19(28)27-14(7-13-8-25-11-26-13)20(29)30-10-23-18(34-22(5,6)35-23)17-15(9-31-23)32-21(3,4)33-17/h8,11-12,14-18H,7,9-10,24H2,1-6H3,(H,25,26)(H,27,28)/t14-,15+,16-,17+,18-,23-/m0/s1. The van der Waals surface area contributed by atoms with Crippen LogP contribution in [0.25, 0.3) is 0 Å². The Balaban J connectivity index is 1.49. The van der Waals surface area contributed by atoms with Crippen molar-refractivity contribution in [1.29, 1.82) is 0 Å². The third-order valence-corrected chi connectivity index (χ3v) is 6.29. The number of ether oxygens (including phenoxy) is 6. The minimum atomic E-state index is -1.39. The molecule has 6 atom stereocenters. The second kappa shape index (κ2) is 9.41. The summed E-state index contributed by atoms with van der Waals surface area (Å²) in [6, 6.07) is -1.77. The Hall–Kier alpha value is -2.09. The number of amides is 1. The van der Waals surface area contributed by atoms with Crippen molar-refractivity contribution in [1.82, 2.24) is 15.3 Å². The molecule has 4 heterocycles. The van der Waals surface area contributed by atoms with E-state index in [9.17, 15) is 9.59 Å². The lowest BCUT2D eigenvalue weighted by Gasteiger charge is -2.40. The molecule has 0 bridgehead atoms. The number of nitrogens with zero attached hydrogens (tertiary/aromatic N) is 1. The summed E-state index contributed by atoms with van der Waals surface area (Å²) in [5, 5.41) is 2.70. The summed E-state index contributed by atoms with van der Waals surface area (Å²) in [6.45, 7) is 10.7. The van der Waals surface area contributed by atoms with Crippen LogP contribution < -0.4 is 11.1 Å². The second-order valence-corrected chi connectivity index (χ2v) is 10.5. The van der Waals surface area contributed by atoms with E-state index in [1.54, 1.807) is 20.0 Å². The molecule has 3 fully saturated rings. The Bertz CT molecular complexity index is 921. The summed E-state index contributed by atoms with van der Waals surface area (Å²) in [6.07, 6.45) is 1.70. The number of aromatic nitrogens is 2. The molecule has 1 aromatic heterocycles. The highest BCUT2D eigenvalue weighted by Crippen LogP contribution is 2.47. The number of nitrogens with two attached hydrogens (primary N) is 1. The molecule has 35 heavy (non-hydrogen) atoms. The van der Waals surface area contributed by atoms with Gasteiger partial charge in [-0.2, -0.15) is 0 Å². The zero-order chi connectivity index (χ0) is 25.6. The monoisotopic (exact) mass is 496 g/mol. The van der Waals surface area contributed by atoms with Crippen LogP contribution in [-0.2, 0) is 44.4 Å². The van der Waals surface area contributed by atoms with Gasteiger partial charge in [0.1, 0.15) is 31.0 Å². The van der Waals surface area contributed by atoms with Gasteiger partial charge in [0, 0.05) is 18.3 Å². The molecular formula is C23H36N4O8. The normalized spacial score (nSPS) is 32.5. The molecule has 0 spiro atoms. The van der Waals surface area contributed by atoms with E-state index in [1.807, 2.05) is 27.7 Å². The summed E-state index contributed by atoms with van der Waals surface area (Å²) >= 11 is 0. The van der Waals surface area contributed by atoms with Crippen molar-refractivity contribution < 1.29 is 38.0 Å². The number of nitrogens with one attached hydrogen (secondary N) is 2. The number of hydrogen-bond donors (Lipinski definition) is 3. The lowest BCUT2D eigenvalue weighted by atomic mass is 9.97. The number of aromatic amines is 1. The van der Waals surface area contributed by atoms with Gasteiger partial charge in [0.25, 0.3) is 0 Å². The van der Waals surface area contributed by atoms with E-state index in [0.717, 1.165) is 0 Å². The summed E-state index contributed by atoms with van der Waals surface area (Å²) < 4.78 is 36.0. The summed E-state index contributed by atoms with van der Waals surface area (Å²) in [5.41, 5.74) is 6.63. The fraction of sp³-hybridized carbons (Fsp3) is 0.783. The van der Waals surface area contributed by atoms with Gasteiger partial charge >= 0.3 is 5.97 Å². The summed E-state index contributed by atoms with van der Waals surface area (Å²) in [7, 11) is 0. The van der Waals surface area contributed by atoms with Crippen LogP contribution in [0.3, 0.4) is 0 Å². The lowest BCUT2D eigenvalue weighted by Crippen LogP contribution is -2.61. The molecular weight excluding hydrogens is 460 g/mol. The number of fused-ring (bicyclic) bond motifs is 3. The molecule has 0 radical (unpaired) electrons. The van der Waals surface area contributed by atoms with Crippen molar-refractivity contribution in [2.24, 2.45) is 11.7 Å². The van der Waals surface area contributed by atoms with E-state index in [-0.39, 0.29) is 31.7 Å². The van der Waals surface area contributed by atoms with Crippen molar-refractivity contribution in [2.75, 3.05) is 13.2 Å². The van der Waals surface area contributed by atoms with Crippen LogP contribution in [0.4, 0.5) is 0 Å². The third kappa shape index (κ3) is 5.52. The van der Waals surface area contributed by atoms with Crippen molar-refractivity contribution in [3.05, 3.63) is 18.2 Å². The minimum absolute atomic E-state index is 0.105. The Labute approximate surface area is 204 Å². The summed E-state index contributed by atoms with van der Waals surface area (Å²) in [5.74, 6) is -4.42. The van der Waals surface area contributed by atoms with Crippen LogP contribution in [0.15, 0.2) is 12.5 Å². The maximum absolute atomic E-state index is 13.2. The molecule has 1 aromatic rings. The van der Waals surface area contributed by atoms with Crippen LogP contribution >= 0.6 is 0 Å². The summed E-state index contributed by atoms with van der Waals surface area (Å²) in [4.78, 5) is 32.7. The molecule has 0 saturated carbocycles. The molecule has 1 amide bonds. The first-order chi connectivity index (χ1) is 16.3. The molecule has 4 rings (SSSR count). The molecule has 0 unspecified atom stereocenters. The number of carbonyl (C=O) groups excluding carboxylic acids is 2. The van der Waals surface area contributed by atoms with Crippen LogP contribution in [0.5, 0.6) is 0 Å². The molecule has 3 aliphatic rings. The predicted octanol–water partition coefficient (Wildman–Crippen LogP) is 0.362. The van der Waals surface area contributed by atoms with Gasteiger partial charge < -0.3 is 44.5 Å². The molecule has 4 N–H and O–H groups in total. The number of esters is 1. The Morgan fingerprint density at radius 1 is 1.23 bits per heavy atom. The zero-order valence-corrected chi connectivity index (χ0v) is 21.0. The Kier molecular flexibility index (Phi) is 6.99. The topological polar surface area (TPSA) is 156 Å². The van der Waals surface area contributed by atoms with Crippen molar-refractivity contribution in [2.45, 2.75) is 95.7 Å². The van der Waals surface area contributed by atoms with E-state index >= 15 is 0 Å². The van der Waals surface area contributed by atoms with Crippen LogP contribution in [0.1, 0.15) is 47.2 Å². The van der Waals surface area contributed by atoms with Crippen LogP contribution in [0, 0.1) is 5.92 Å². The fourth-order valence-electron chi connectivity index (χ4n) is 4.60. The maximum atomic E-state index is 13.2. The van der Waals surface area contributed by atoms with Crippen molar-refractivity contribution >= 4 is 11.9 Å². The van der Waals surface area contributed by atoms with Crippen LogP contribution in [-0.4, -0.2) is 82.8 Å². The zero-order valence-electron chi connectivity index (χ0n) is 21.0. The molecule has 196 valence electrons. The number of rotatable bonds is 8. The molecule has 12 heteroatoms. The molecule has 0 aliphatic carbocycles. The van der Waals surface area contributed by atoms with Crippen molar-refractivity contribution in [3.63, 3.8) is 0 Å². The van der Waals surface area contributed by atoms with Gasteiger partial charge in [0.2, 0.25) is 11.7 Å². The maximum Gasteiger partial charge on any atom is 0.329 e. The van der Waals surface area contributed by atoms with Gasteiger partial charge in [-0.1, -0.05) is 13.8 Å². The SMILES string of the molecule is CC(C)[C@H](N)C(=O)N[C@@H](Cc1cnc[nH]1)C(=O)OC[C@@]12OC[C@H]3OC(C)(C)O[C@H]3[C@@H]1OC(C)(C)O2. The fourth-order valence-corrected chi connectivity index (χ4v) is 4.60. The Morgan fingerprint density at radius 3 is 2.63 bits per heavy atom. The van der Waals surface area contributed by atoms with Gasteiger partial charge in [0.05, 0.1) is 19.0 Å². The average Bonchev–Trinajstić information content (AvgIpc) is 3.45. The van der Waals surface area contributed by atoms with E-state index in [4.69, 9.17) is 34.2 Å². The first kappa shape index (κ1) is 26.0. The molecule has 3 aliphatic heterocycles. The largest absolute Gasteiger partial charge is 0.458 e. The van der Waals surface area contributed by atoms with Gasteiger partial charge in [-0.25, -0.2) is 9.78 Å². The minimum Gasteiger partial charge on any atom is -0.458 e. The van der Waals surface area contributed by atoms with Crippen LogP contribution in [0.2, 0.25) is 0 Å². The smallest absolute Gasteiger partial charge is 0.329 e. The second-order valence-electron chi connectivity index (χ2n) is 10.5. The number of hydrogen-bond acceptors (Lipinski definition) is 10. The van der Waals surface area contributed by atoms with Crippen molar-refractivity contribution in [3.8, 4) is 0 Å². The lowest BCUT2D eigenvalue weighted by molar-refractivity contribution is -0.296. The number of imidazole rings is 1. The molecule has 3 saturated heterocycles. The number of H-pyrrole nitrogens is 1. The van der Waals surface area contributed by atoms with E-state index in [0.29, 0.717) is 5.69 Å². The first-order valence-corrected chi connectivity index (χ1v) is 11.9. The van der Waals surface area contributed by atoms with E-state index < -0.39 is 53.5 Å². The van der Waals surface area contributed by atoms with Gasteiger partial charge in [-0.15, -0.1) is 0 Å². The van der Waals surface area contributed by atoms with Gasteiger partial charge in [-0.3, -0.25) is 4.79 Å². The van der Waals surface area contributed by atoms with Gasteiger partial charge in [0.15, 0.2) is 11.6 Å². The third-order valence-electron chi connectivity index (χ3n) is 6.29. The predicted molar refractivity (Wildman–Crippen MR) is 121 cm³/mol. The van der Waals surface area contributed by atoms with E-state index in [2.05, 4.69) is 15.3 Å². The molecule has 0 aromatic carbocycles. The highest BCUT2D eigenvalue weighted by Gasteiger charge is 2.66. The molecule has 12 nitrogen and oxygen atoms in total. The highest BCUT2D eigenvalue weighted by atomic mass is 16.9. The quantitative estimate of drug-likeness (QED) is 0.429. The number of carbonyl (C=O) groups is 2. The Morgan fingerprint density at radius 2 is 1.97 bits per heavy atom.